The number of nitrogens with zero attached hydrogens (tertiary/aromatic N) is 5. The summed E-state index contributed by atoms with van der Waals surface area (Å²) in [6.45, 7) is 10.6. The minimum Gasteiger partial charge on any atom is -0.293 e. The van der Waals surface area contributed by atoms with Crippen LogP contribution in [0.1, 0.15) is 64.3 Å². The van der Waals surface area contributed by atoms with E-state index in [1.807, 2.05) is 25.1 Å². The Balaban J connectivity index is 2.06. The van der Waals surface area contributed by atoms with E-state index in [4.69, 9.17) is 0 Å². The van der Waals surface area contributed by atoms with Gasteiger partial charge in [0.2, 0.25) is 5.78 Å². The van der Waals surface area contributed by atoms with Gasteiger partial charge >= 0.3 is 0 Å². The van der Waals surface area contributed by atoms with E-state index in [2.05, 4.69) is 40.3 Å². The fourth-order valence-electron chi connectivity index (χ4n) is 3.96. The van der Waals surface area contributed by atoms with Crippen molar-refractivity contribution < 1.29 is 0 Å². The molecule has 1 aromatic carbocycles. The Bertz CT molecular complexity index is 1000. The van der Waals surface area contributed by atoms with E-state index in [1.54, 1.807) is 11.6 Å². The van der Waals surface area contributed by atoms with Crippen LogP contribution in [0.4, 0.5) is 0 Å². The monoisotopic (exact) mass is 383 g/mol. The molecule has 2 aromatic heterocycles. The highest BCUT2D eigenvalue weighted by molar-refractivity contribution is 5.81. The van der Waals surface area contributed by atoms with E-state index in [-0.39, 0.29) is 5.56 Å². The molecule has 0 aliphatic heterocycles. The SMILES string of the molecule is CCCCCN(Cc1nnc2n(C)c(=O)c3cc(C)ccc3n12)C(C)CCC. The Morgan fingerprint density at radius 1 is 1.14 bits per heavy atom. The molecule has 2 heterocycles. The summed E-state index contributed by atoms with van der Waals surface area (Å²) in [4.78, 5) is 15.3. The zero-order chi connectivity index (χ0) is 20.3. The molecule has 0 amide bonds. The van der Waals surface area contributed by atoms with Gasteiger partial charge in [-0.05, 0) is 45.4 Å². The predicted molar refractivity (Wildman–Crippen MR) is 115 cm³/mol. The summed E-state index contributed by atoms with van der Waals surface area (Å²) in [5.74, 6) is 1.51. The van der Waals surface area contributed by atoms with E-state index >= 15 is 0 Å². The zero-order valence-electron chi connectivity index (χ0n) is 17.9. The summed E-state index contributed by atoms with van der Waals surface area (Å²) in [6, 6.07) is 6.52. The van der Waals surface area contributed by atoms with Crippen molar-refractivity contribution in [2.75, 3.05) is 6.54 Å². The van der Waals surface area contributed by atoms with Crippen molar-refractivity contribution in [1.29, 1.82) is 0 Å². The molecule has 0 radical (unpaired) electrons. The molecule has 0 aliphatic rings. The summed E-state index contributed by atoms with van der Waals surface area (Å²) in [5.41, 5.74) is 1.95. The highest BCUT2D eigenvalue weighted by atomic mass is 16.1. The van der Waals surface area contributed by atoms with Gasteiger partial charge < -0.3 is 0 Å². The Morgan fingerprint density at radius 3 is 2.64 bits per heavy atom. The molecule has 0 aliphatic carbocycles. The lowest BCUT2D eigenvalue weighted by molar-refractivity contribution is 0.181. The summed E-state index contributed by atoms with van der Waals surface area (Å²) in [6.07, 6.45) is 5.99. The van der Waals surface area contributed by atoms with Crippen molar-refractivity contribution >= 4 is 16.7 Å². The van der Waals surface area contributed by atoms with E-state index < -0.39 is 0 Å². The number of aryl methyl sites for hydroxylation is 2. The van der Waals surface area contributed by atoms with Crippen LogP contribution in [0.15, 0.2) is 23.0 Å². The number of benzene rings is 1. The standard InChI is InChI=1S/C22H33N5O/c1-6-8-9-13-26(17(4)10-7-2)15-20-23-24-22-25(5)21(28)18-14-16(3)11-12-19(18)27(20)22/h11-12,14,17H,6-10,13,15H2,1-5H3. The minimum atomic E-state index is -0.0238. The molecule has 0 saturated carbocycles. The second-order valence-electron chi connectivity index (χ2n) is 7.95. The van der Waals surface area contributed by atoms with Gasteiger partial charge in [0, 0.05) is 13.1 Å². The van der Waals surface area contributed by atoms with Crippen molar-refractivity contribution in [2.24, 2.45) is 7.05 Å². The van der Waals surface area contributed by atoms with E-state index in [0.29, 0.717) is 11.8 Å². The van der Waals surface area contributed by atoms with Crippen LogP contribution >= 0.6 is 0 Å². The maximum absolute atomic E-state index is 12.8. The first-order chi connectivity index (χ1) is 13.5. The fraction of sp³-hybridized carbons (Fsp3) is 0.591. The molecule has 28 heavy (non-hydrogen) atoms. The molecule has 3 aromatic rings. The van der Waals surface area contributed by atoms with Gasteiger partial charge in [0.05, 0.1) is 17.4 Å². The van der Waals surface area contributed by atoms with Gasteiger partial charge in [-0.3, -0.25) is 18.7 Å². The molecule has 1 unspecified atom stereocenters. The van der Waals surface area contributed by atoms with Gasteiger partial charge in [-0.1, -0.05) is 44.7 Å². The number of aromatic nitrogens is 4. The molecule has 1 atom stereocenters. The molecule has 0 saturated heterocycles. The van der Waals surface area contributed by atoms with Gasteiger partial charge in [0.25, 0.3) is 5.56 Å². The first-order valence-electron chi connectivity index (χ1n) is 10.5. The third kappa shape index (κ3) is 3.97. The quantitative estimate of drug-likeness (QED) is 0.523. The van der Waals surface area contributed by atoms with E-state index in [0.717, 1.165) is 35.4 Å². The van der Waals surface area contributed by atoms with Crippen LogP contribution in [0.5, 0.6) is 0 Å². The summed E-state index contributed by atoms with van der Waals surface area (Å²) in [7, 11) is 1.77. The first kappa shape index (κ1) is 20.5. The van der Waals surface area contributed by atoms with E-state index in [9.17, 15) is 4.79 Å². The van der Waals surface area contributed by atoms with Gasteiger partial charge in [-0.15, -0.1) is 10.2 Å². The topological polar surface area (TPSA) is 55.4 Å². The lowest BCUT2D eigenvalue weighted by atomic mass is 10.1. The maximum atomic E-state index is 12.8. The number of fused-ring (bicyclic) bond motifs is 3. The lowest BCUT2D eigenvalue weighted by Crippen LogP contribution is -2.34. The van der Waals surface area contributed by atoms with Gasteiger partial charge in [-0.2, -0.15) is 0 Å². The third-order valence-electron chi connectivity index (χ3n) is 5.66. The minimum absolute atomic E-state index is 0.0238. The van der Waals surface area contributed by atoms with Crippen molar-refractivity contribution in [3.8, 4) is 0 Å². The Labute approximate surface area is 167 Å². The fourth-order valence-corrected chi connectivity index (χ4v) is 3.96. The van der Waals surface area contributed by atoms with Crippen molar-refractivity contribution in [3.63, 3.8) is 0 Å². The van der Waals surface area contributed by atoms with Crippen molar-refractivity contribution in [2.45, 2.75) is 72.4 Å². The summed E-state index contributed by atoms with van der Waals surface area (Å²) in [5, 5.41) is 9.57. The second-order valence-corrected chi connectivity index (χ2v) is 7.95. The molecular weight excluding hydrogens is 350 g/mol. The molecule has 3 rings (SSSR count). The van der Waals surface area contributed by atoms with Gasteiger partial charge in [0.1, 0.15) is 0 Å². The number of rotatable bonds is 9. The van der Waals surface area contributed by atoms with Gasteiger partial charge in [-0.25, -0.2) is 0 Å². The maximum Gasteiger partial charge on any atom is 0.262 e. The molecule has 6 heteroatoms. The smallest absolute Gasteiger partial charge is 0.262 e. The average Bonchev–Trinajstić information content (AvgIpc) is 3.09. The number of hydrogen-bond acceptors (Lipinski definition) is 4. The number of unbranched alkanes of at least 4 members (excludes halogenated alkanes) is 2. The molecule has 0 bridgehead atoms. The molecule has 152 valence electrons. The van der Waals surface area contributed by atoms with Crippen molar-refractivity contribution in [1.82, 2.24) is 24.1 Å². The second kappa shape index (κ2) is 8.86. The highest BCUT2D eigenvalue weighted by Gasteiger charge is 2.19. The Hall–Kier alpha value is -2.21. The molecule has 0 spiro atoms. The largest absolute Gasteiger partial charge is 0.293 e. The zero-order valence-corrected chi connectivity index (χ0v) is 17.9. The van der Waals surface area contributed by atoms with Gasteiger partial charge in [0.15, 0.2) is 5.82 Å². The van der Waals surface area contributed by atoms with Crippen LogP contribution in [0.25, 0.3) is 16.7 Å². The van der Waals surface area contributed by atoms with Crippen LogP contribution < -0.4 is 5.56 Å². The molecule has 0 fully saturated rings. The first-order valence-corrected chi connectivity index (χ1v) is 10.5. The summed E-state index contributed by atoms with van der Waals surface area (Å²) >= 11 is 0. The third-order valence-corrected chi connectivity index (χ3v) is 5.66. The molecule has 0 N–H and O–H groups in total. The highest BCUT2D eigenvalue weighted by Crippen LogP contribution is 2.18. The average molecular weight is 384 g/mol. The van der Waals surface area contributed by atoms with Crippen LogP contribution in [0.3, 0.4) is 0 Å². The number of hydrogen-bond donors (Lipinski definition) is 0. The Morgan fingerprint density at radius 2 is 1.93 bits per heavy atom. The molecule has 6 nitrogen and oxygen atoms in total. The predicted octanol–water partition coefficient (Wildman–Crippen LogP) is 4.07. The van der Waals surface area contributed by atoms with Crippen LogP contribution in [-0.4, -0.2) is 36.7 Å². The van der Waals surface area contributed by atoms with Crippen molar-refractivity contribution in [3.05, 3.63) is 39.9 Å². The van der Waals surface area contributed by atoms with Crippen LogP contribution in [0, 0.1) is 6.92 Å². The lowest BCUT2D eigenvalue weighted by Gasteiger charge is -2.28. The molecular formula is C22H33N5O. The summed E-state index contributed by atoms with van der Waals surface area (Å²) < 4.78 is 3.66. The van der Waals surface area contributed by atoms with E-state index in [1.165, 1.54) is 32.1 Å². The van der Waals surface area contributed by atoms with Crippen LogP contribution in [0.2, 0.25) is 0 Å². The normalized spacial score (nSPS) is 13.1. The Kier molecular flexibility index (Phi) is 6.50. The van der Waals surface area contributed by atoms with Crippen LogP contribution in [-0.2, 0) is 13.6 Å².